The number of thioether (sulfide) groups is 1. The van der Waals surface area contributed by atoms with E-state index in [0.717, 1.165) is 16.8 Å². The van der Waals surface area contributed by atoms with Crippen molar-refractivity contribution >= 4 is 46.0 Å². The fourth-order valence-corrected chi connectivity index (χ4v) is 4.27. The molecule has 0 unspecified atom stereocenters. The molecule has 1 amide bonds. The molecular weight excluding hydrogens is 417 g/mol. The first kappa shape index (κ1) is 20.3. The fourth-order valence-electron chi connectivity index (χ4n) is 2.97. The topological polar surface area (TPSA) is 29.5 Å². The Labute approximate surface area is 184 Å². The Morgan fingerprint density at radius 3 is 2.43 bits per heavy atom. The minimum atomic E-state index is -0.287. The van der Waals surface area contributed by atoms with Crippen LogP contribution in [0, 0.1) is 12.7 Å². The monoisotopic (exact) mass is 435 g/mol. The van der Waals surface area contributed by atoms with E-state index in [4.69, 9.17) is 17.0 Å². The molecular formula is C24H18FNO2S2. The van der Waals surface area contributed by atoms with E-state index in [0.29, 0.717) is 20.5 Å². The van der Waals surface area contributed by atoms with Gasteiger partial charge in [-0.15, -0.1) is 0 Å². The number of hydrogen-bond donors (Lipinski definition) is 0. The van der Waals surface area contributed by atoms with Gasteiger partial charge in [-0.2, -0.15) is 0 Å². The van der Waals surface area contributed by atoms with Crippen LogP contribution < -0.4 is 9.64 Å². The van der Waals surface area contributed by atoms with E-state index < -0.39 is 0 Å². The highest BCUT2D eigenvalue weighted by molar-refractivity contribution is 8.27. The van der Waals surface area contributed by atoms with Crippen molar-refractivity contribution in [3.63, 3.8) is 0 Å². The van der Waals surface area contributed by atoms with Crippen molar-refractivity contribution in [2.24, 2.45) is 0 Å². The third-order valence-corrected chi connectivity index (χ3v) is 5.92. The molecule has 6 heteroatoms. The molecule has 0 radical (unpaired) electrons. The number of anilines is 1. The zero-order valence-corrected chi connectivity index (χ0v) is 17.8. The highest BCUT2D eigenvalue weighted by atomic mass is 32.2. The number of amides is 1. The summed E-state index contributed by atoms with van der Waals surface area (Å²) in [5, 5.41) is 0. The number of benzene rings is 3. The predicted octanol–water partition coefficient (Wildman–Crippen LogP) is 6.12. The smallest absolute Gasteiger partial charge is 0.270 e. The molecule has 1 fully saturated rings. The van der Waals surface area contributed by atoms with E-state index >= 15 is 0 Å². The molecule has 3 aromatic rings. The van der Waals surface area contributed by atoms with E-state index in [9.17, 15) is 9.18 Å². The highest BCUT2D eigenvalue weighted by Gasteiger charge is 2.33. The second-order valence-corrected chi connectivity index (χ2v) is 8.48. The quantitative estimate of drug-likeness (QED) is 0.357. The summed E-state index contributed by atoms with van der Waals surface area (Å²) < 4.78 is 19.9. The van der Waals surface area contributed by atoms with Gasteiger partial charge in [0.25, 0.3) is 5.91 Å². The summed E-state index contributed by atoms with van der Waals surface area (Å²) in [5.74, 6) is 0.209. The molecule has 0 bridgehead atoms. The van der Waals surface area contributed by atoms with Gasteiger partial charge in [-0.05, 0) is 48.9 Å². The van der Waals surface area contributed by atoms with E-state index in [1.54, 1.807) is 35.2 Å². The van der Waals surface area contributed by atoms with Gasteiger partial charge in [0.05, 0.1) is 10.6 Å². The summed E-state index contributed by atoms with van der Waals surface area (Å²) in [6.07, 6.45) is 1.81. The molecule has 0 spiro atoms. The molecule has 150 valence electrons. The van der Waals surface area contributed by atoms with Gasteiger partial charge >= 0.3 is 0 Å². The number of aryl methyl sites for hydroxylation is 1. The van der Waals surface area contributed by atoms with Crippen LogP contribution in [0.1, 0.15) is 16.7 Å². The molecule has 0 N–H and O–H groups in total. The van der Waals surface area contributed by atoms with Gasteiger partial charge in [-0.1, -0.05) is 72.0 Å². The Hall–Kier alpha value is -2.96. The van der Waals surface area contributed by atoms with Crippen molar-refractivity contribution < 1.29 is 13.9 Å². The molecule has 4 rings (SSSR count). The minimum absolute atomic E-state index is 0.131. The highest BCUT2D eigenvalue weighted by Crippen LogP contribution is 2.36. The first-order chi connectivity index (χ1) is 14.5. The van der Waals surface area contributed by atoms with Crippen molar-refractivity contribution in [2.75, 3.05) is 4.90 Å². The molecule has 0 aromatic heterocycles. The Morgan fingerprint density at radius 2 is 1.73 bits per heavy atom. The maximum Gasteiger partial charge on any atom is 0.270 e. The Morgan fingerprint density at radius 1 is 1.03 bits per heavy atom. The molecule has 30 heavy (non-hydrogen) atoms. The summed E-state index contributed by atoms with van der Waals surface area (Å²) in [5.41, 5.74) is 3.25. The molecule has 0 aliphatic carbocycles. The van der Waals surface area contributed by atoms with E-state index in [1.807, 2.05) is 49.4 Å². The van der Waals surface area contributed by atoms with Crippen molar-refractivity contribution in [3.05, 3.63) is 100 Å². The summed E-state index contributed by atoms with van der Waals surface area (Å²) in [4.78, 5) is 15.0. The first-order valence-corrected chi connectivity index (χ1v) is 10.5. The van der Waals surface area contributed by atoms with Crippen LogP contribution in [0.15, 0.2) is 77.7 Å². The summed E-state index contributed by atoms with van der Waals surface area (Å²) in [6.45, 7) is 2.15. The lowest BCUT2D eigenvalue weighted by molar-refractivity contribution is -0.113. The summed E-state index contributed by atoms with van der Waals surface area (Å²) in [7, 11) is 0. The van der Waals surface area contributed by atoms with Gasteiger partial charge in [0, 0.05) is 5.56 Å². The third-order valence-electron chi connectivity index (χ3n) is 4.62. The Kier molecular flexibility index (Phi) is 5.97. The second-order valence-electron chi connectivity index (χ2n) is 6.80. The normalized spacial score (nSPS) is 15.1. The SMILES string of the molecule is Cc1ccc(N2C(=O)C(=Cc3ccc(OCc4ccccc4F)cc3)SC2=S)cc1. The number of carbonyl (C=O) groups excluding carboxylic acids is 1. The van der Waals surface area contributed by atoms with Crippen molar-refractivity contribution in [2.45, 2.75) is 13.5 Å². The molecule has 1 aliphatic heterocycles. The minimum Gasteiger partial charge on any atom is -0.489 e. The summed E-state index contributed by atoms with van der Waals surface area (Å²) in [6, 6.07) is 21.5. The number of rotatable bonds is 5. The van der Waals surface area contributed by atoms with Crippen LogP contribution in [0.25, 0.3) is 6.08 Å². The maximum absolute atomic E-state index is 13.7. The average molecular weight is 436 g/mol. The number of nitrogens with zero attached hydrogens (tertiary/aromatic N) is 1. The Balaban J connectivity index is 1.46. The van der Waals surface area contributed by atoms with Gasteiger partial charge in [0.15, 0.2) is 4.32 Å². The van der Waals surface area contributed by atoms with E-state index in [1.165, 1.54) is 17.8 Å². The number of carbonyl (C=O) groups is 1. The van der Waals surface area contributed by atoms with Gasteiger partial charge in [0.2, 0.25) is 0 Å². The van der Waals surface area contributed by atoms with Crippen molar-refractivity contribution in [1.29, 1.82) is 0 Å². The van der Waals surface area contributed by atoms with Crippen LogP contribution in [0.2, 0.25) is 0 Å². The Bertz CT molecular complexity index is 1120. The van der Waals surface area contributed by atoms with Crippen LogP contribution >= 0.6 is 24.0 Å². The van der Waals surface area contributed by atoms with Gasteiger partial charge in [-0.3, -0.25) is 9.69 Å². The molecule has 1 heterocycles. The molecule has 0 atom stereocenters. The van der Waals surface area contributed by atoms with Gasteiger partial charge < -0.3 is 4.74 Å². The third kappa shape index (κ3) is 4.45. The lowest BCUT2D eigenvalue weighted by Crippen LogP contribution is -2.27. The molecule has 3 nitrogen and oxygen atoms in total. The van der Waals surface area contributed by atoms with Crippen LogP contribution in [-0.4, -0.2) is 10.2 Å². The molecule has 0 saturated carbocycles. The average Bonchev–Trinajstić information content (AvgIpc) is 3.02. The largest absolute Gasteiger partial charge is 0.489 e. The zero-order chi connectivity index (χ0) is 21.1. The number of hydrogen-bond acceptors (Lipinski definition) is 4. The zero-order valence-electron chi connectivity index (χ0n) is 16.2. The maximum atomic E-state index is 13.7. The second kappa shape index (κ2) is 8.81. The van der Waals surface area contributed by atoms with Crippen molar-refractivity contribution in [1.82, 2.24) is 0 Å². The molecule has 1 aliphatic rings. The summed E-state index contributed by atoms with van der Waals surface area (Å²) >= 11 is 6.70. The number of ether oxygens (including phenoxy) is 1. The lowest BCUT2D eigenvalue weighted by atomic mass is 10.2. The number of halogens is 1. The van der Waals surface area contributed by atoms with Crippen LogP contribution in [0.3, 0.4) is 0 Å². The van der Waals surface area contributed by atoms with Crippen molar-refractivity contribution in [3.8, 4) is 5.75 Å². The fraction of sp³-hybridized carbons (Fsp3) is 0.0833. The first-order valence-electron chi connectivity index (χ1n) is 9.32. The van der Waals surface area contributed by atoms with Crippen LogP contribution in [0.5, 0.6) is 5.75 Å². The predicted molar refractivity (Wildman–Crippen MR) is 124 cm³/mol. The lowest BCUT2D eigenvalue weighted by Gasteiger charge is -2.14. The van der Waals surface area contributed by atoms with Crippen LogP contribution in [0.4, 0.5) is 10.1 Å². The van der Waals surface area contributed by atoms with E-state index in [-0.39, 0.29) is 18.3 Å². The number of thiocarbonyl (C=S) groups is 1. The van der Waals surface area contributed by atoms with E-state index in [2.05, 4.69) is 0 Å². The van der Waals surface area contributed by atoms with Gasteiger partial charge in [-0.25, -0.2) is 4.39 Å². The standard InChI is InChI=1S/C24H18FNO2S2/c1-16-6-10-19(11-7-16)26-23(27)22(30-24(26)29)14-17-8-12-20(13-9-17)28-15-18-4-2-3-5-21(18)25/h2-14H,15H2,1H3. The molecule has 1 saturated heterocycles. The molecule has 3 aromatic carbocycles. The van der Waals surface area contributed by atoms with Gasteiger partial charge in [0.1, 0.15) is 18.2 Å². The van der Waals surface area contributed by atoms with Crippen LogP contribution in [-0.2, 0) is 11.4 Å².